The molecule has 0 aliphatic heterocycles. The Balaban J connectivity index is 1.82. The van der Waals surface area contributed by atoms with Crippen LogP contribution < -0.4 is 10.5 Å². The number of hydrogen-bond acceptors (Lipinski definition) is 3. The third-order valence-electron chi connectivity index (χ3n) is 3.23. The Labute approximate surface area is 127 Å². The topological polar surface area (TPSA) is 81.0 Å². The van der Waals surface area contributed by atoms with Gasteiger partial charge in [-0.3, -0.25) is 4.79 Å². The summed E-state index contributed by atoms with van der Waals surface area (Å²) in [7, 11) is 0. The van der Waals surface area contributed by atoms with Crippen molar-refractivity contribution in [1.29, 1.82) is 0 Å². The van der Waals surface area contributed by atoms with Crippen molar-refractivity contribution >= 4 is 22.9 Å². The molecule has 0 aliphatic carbocycles. The zero-order chi connectivity index (χ0) is 15.4. The fourth-order valence-corrected chi connectivity index (χ4v) is 2.14. The number of aromatic nitrogens is 2. The summed E-state index contributed by atoms with van der Waals surface area (Å²) in [5.74, 6) is 0.0497. The summed E-state index contributed by atoms with van der Waals surface area (Å²) in [5.41, 5.74) is 7.93. The van der Waals surface area contributed by atoms with E-state index >= 15 is 0 Å². The molecule has 0 bridgehead atoms. The Morgan fingerprint density at radius 3 is 2.91 bits per heavy atom. The standard InChI is InChI=1S/C17H15N3O2/c18-16(21)7-6-13-9-19-15-10-20-17(8-14(13)15)22-11-12-4-2-1-3-5-12/h1-10,19H,11H2,(H2,18,21)/b7-6-. The lowest BCUT2D eigenvalue weighted by atomic mass is 10.2. The van der Waals surface area contributed by atoms with Gasteiger partial charge in [0.05, 0.1) is 11.7 Å². The number of hydrogen-bond donors (Lipinski definition) is 2. The van der Waals surface area contributed by atoms with Crippen LogP contribution in [0.5, 0.6) is 5.88 Å². The first kappa shape index (κ1) is 13.9. The predicted octanol–water partition coefficient (Wildman–Crippen LogP) is 2.64. The van der Waals surface area contributed by atoms with Crippen LogP contribution in [0.1, 0.15) is 11.1 Å². The van der Waals surface area contributed by atoms with Crippen LogP contribution in [-0.2, 0) is 11.4 Å². The minimum Gasteiger partial charge on any atom is -0.473 e. The van der Waals surface area contributed by atoms with Gasteiger partial charge in [0.1, 0.15) is 6.61 Å². The molecule has 0 atom stereocenters. The van der Waals surface area contributed by atoms with Crippen molar-refractivity contribution in [2.75, 3.05) is 0 Å². The molecule has 3 N–H and O–H groups in total. The van der Waals surface area contributed by atoms with Gasteiger partial charge < -0.3 is 15.5 Å². The Hall–Kier alpha value is -3.08. The normalized spacial score (nSPS) is 11.1. The number of nitrogens with one attached hydrogen (secondary N) is 1. The molecule has 0 saturated heterocycles. The lowest BCUT2D eigenvalue weighted by Crippen LogP contribution is -2.04. The van der Waals surface area contributed by atoms with Crippen molar-refractivity contribution in [2.24, 2.45) is 5.73 Å². The van der Waals surface area contributed by atoms with Gasteiger partial charge in [-0.1, -0.05) is 30.3 Å². The summed E-state index contributed by atoms with van der Waals surface area (Å²) < 4.78 is 5.71. The second-order valence-corrected chi connectivity index (χ2v) is 4.82. The lowest BCUT2D eigenvalue weighted by Gasteiger charge is -2.05. The van der Waals surface area contributed by atoms with E-state index in [1.807, 2.05) is 36.4 Å². The van der Waals surface area contributed by atoms with E-state index in [4.69, 9.17) is 10.5 Å². The van der Waals surface area contributed by atoms with Gasteiger partial charge in [-0.05, 0) is 11.6 Å². The number of fused-ring (bicyclic) bond motifs is 1. The summed E-state index contributed by atoms with van der Waals surface area (Å²) in [6, 6.07) is 11.7. The maximum absolute atomic E-state index is 10.8. The van der Waals surface area contributed by atoms with E-state index in [9.17, 15) is 4.79 Å². The molecule has 2 heterocycles. The van der Waals surface area contributed by atoms with Gasteiger partial charge in [0.15, 0.2) is 0 Å². The summed E-state index contributed by atoms with van der Waals surface area (Å²) in [5, 5.41) is 0.926. The second kappa shape index (κ2) is 6.13. The highest BCUT2D eigenvalue weighted by Gasteiger charge is 2.05. The molecule has 22 heavy (non-hydrogen) atoms. The van der Waals surface area contributed by atoms with Crippen molar-refractivity contribution in [3.05, 3.63) is 66.0 Å². The minimum absolute atomic E-state index is 0.455. The number of amides is 1. The molecule has 0 spiro atoms. The molecule has 1 amide bonds. The Morgan fingerprint density at radius 2 is 2.14 bits per heavy atom. The fraction of sp³-hybridized carbons (Fsp3) is 0.0588. The molecule has 0 saturated carbocycles. The molecule has 0 fully saturated rings. The lowest BCUT2D eigenvalue weighted by molar-refractivity contribution is -0.113. The monoisotopic (exact) mass is 293 g/mol. The number of primary amides is 1. The number of nitrogens with two attached hydrogens (primary N) is 1. The van der Waals surface area contributed by atoms with Gasteiger partial charge in [-0.25, -0.2) is 4.98 Å². The van der Waals surface area contributed by atoms with E-state index in [-0.39, 0.29) is 0 Å². The average Bonchev–Trinajstić information content (AvgIpc) is 2.94. The summed E-state index contributed by atoms with van der Waals surface area (Å²) in [6.07, 6.45) is 6.50. The van der Waals surface area contributed by atoms with E-state index in [1.165, 1.54) is 6.08 Å². The maximum Gasteiger partial charge on any atom is 0.241 e. The van der Waals surface area contributed by atoms with E-state index in [0.29, 0.717) is 12.5 Å². The van der Waals surface area contributed by atoms with Crippen LogP contribution in [0.25, 0.3) is 17.0 Å². The summed E-state index contributed by atoms with van der Waals surface area (Å²) in [4.78, 5) is 18.2. The number of pyridine rings is 1. The van der Waals surface area contributed by atoms with Gasteiger partial charge >= 0.3 is 0 Å². The second-order valence-electron chi connectivity index (χ2n) is 4.82. The number of carbonyl (C=O) groups excluding carboxylic acids is 1. The number of nitrogens with zero attached hydrogens (tertiary/aromatic N) is 1. The largest absolute Gasteiger partial charge is 0.473 e. The zero-order valence-corrected chi connectivity index (χ0v) is 11.8. The minimum atomic E-state index is -0.482. The van der Waals surface area contributed by atoms with E-state index < -0.39 is 5.91 Å². The van der Waals surface area contributed by atoms with Crippen molar-refractivity contribution < 1.29 is 9.53 Å². The van der Waals surface area contributed by atoms with Gasteiger partial charge in [-0.15, -0.1) is 0 Å². The Morgan fingerprint density at radius 1 is 1.32 bits per heavy atom. The molecule has 3 rings (SSSR count). The van der Waals surface area contributed by atoms with Crippen LogP contribution >= 0.6 is 0 Å². The van der Waals surface area contributed by atoms with Crippen molar-refractivity contribution in [3.8, 4) is 5.88 Å². The van der Waals surface area contributed by atoms with Crippen LogP contribution in [0.3, 0.4) is 0 Å². The molecular formula is C17H15N3O2. The number of aromatic amines is 1. The Bertz CT molecular complexity index is 822. The molecule has 5 nitrogen and oxygen atoms in total. The van der Waals surface area contributed by atoms with E-state index in [2.05, 4.69) is 9.97 Å². The zero-order valence-electron chi connectivity index (χ0n) is 11.8. The highest BCUT2D eigenvalue weighted by atomic mass is 16.5. The third-order valence-corrected chi connectivity index (χ3v) is 3.23. The van der Waals surface area contributed by atoms with Crippen LogP contribution in [0, 0.1) is 0 Å². The fourth-order valence-electron chi connectivity index (χ4n) is 2.14. The molecule has 1 aromatic carbocycles. The van der Waals surface area contributed by atoms with Crippen LogP contribution in [0.15, 0.2) is 54.9 Å². The highest BCUT2D eigenvalue weighted by molar-refractivity contribution is 5.95. The molecule has 110 valence electrons. The molecule has 3 aromatic rings. The van der Waals surface area contributed by atoms with Crippen LogP contribution in [0.4, 0.5) is 0 Å². The number of ether oxygens (including phenoxy) is 1. The summed E-state index contributed by atoms with van der Waals surface area (Å²) >= 11 is 0. The van der Waals surface area contributed by atoms with Crippen molar-refractivity contribution in [3.63, 3.8) is 0 Å². The predicted molar refractivity (Wildman–Crippen MR) is 85.1 cm³/mol. The van der Waals surface area contributed by atoms with Crippen molar-refractivity contribution in [1.82, 2.24) is 9.97 Å². The van der Waals surface area contributed by atoms with Crippen LogP contribution in [0.2, 0.25) is 0 Å². The Kier molecular flexibility index (Phi) is 3.87. The first-order valence-corrected chi connectivity index (χ1v) is 6.84. The molecule has 0 radical (unpaired) electrons. The summed E-state index contributed by atoms with van der Waals surface area (Å²) in [6.45, 7) is 0.455. The van der Waals surface area contributed by atoms with E-state index in [0.717, 1.165) is 22.0 Å². The maximum atomic E-state index is 10.8. The first-order chi connectivity index (χ1) is 10.7. The molecule has 0 aliphatic rings. The third kappa shape index (κ3) is 3.15. The smallest absolute Gasteiger partial charge is 0.241 e. The quantitative estimate of drug-likeness (QED) is 0.710. The van der Waals surface area contributed by atoms with Crippen molar-refractivity contribution in [2.45, 2.75) is 6.61 Å². The van der Waals surface area contributed by atoms with E-state index in [1.54, 1.807) is 18.5 Å². The molecule has 0 unspecified atom stereocenters. The van der Waals surface area contributed by atoms with Gasteiger partial charge in [0.25, 0.3) is 0 Å². The first-order valence-electron chi connectivity index (χ1n) is 6.84. The number of H-pyrrole nitrogens is 1. The molecule has 2 aromatic heterocycles. The average molecular weight is 293 g/mol. The number of carbonyl (C=O) groups is 1. The highest BCUT2D eigenvalue weighted by Crippen LogP contribution is 2.23. The van der Waals surface area contributed by atoms with Gasteiger partial charge in [-0.2, -0.15) is 0 Å². The SMILES string of the molecule is NC(=O)/C=C\c1c[nH]c2cnc(OCc3ccccc3)cc12. The van der Waals surface area contributed by atoms with Gasteiger partial charge in [0, 0.05) is 29.3 Å². The molecular weight excluding hydrogens is 278 g/mol. The number of benzene rings is 1. The van der Waals surface area contributed by atoms with Gasteiger partial charge in [0.2, 0.25) is 11.8 Å². The number of rotatable bonds is 5. The molecule has 5 heteroatoms. The van der Waals surface area contributed by atoms with Crippen LogP contribution in [-0.4, -0.2) is 15.9 Å².